The summed E-state index contributed by atoms with van der Waals surface area (Å²) in [5.41, 5.74) is 2.96. The monoisotopic (exact) mass is 342 g/mol. The lowest BCUT2D eigenvalue weighted by atomic mass is 10.1. The molecular weight excluding hydrogens is 316 g/mol. The predicted octanol–water partition coefficient (Wildman–Crippen LogP) is 2.00. The van der Waals surface area contributed by atoms with E-state index in [0.717, 1.165) is 47.9 Å². The van der Waals surface area contributed by atoms with E-state index in [4.69, 9.17) is 4.74 Å². The number of hydrogen-bond acceptors (Lipinski definition) is 4. The summed E-state index contributed by atoms with van der Waals surface area (Å²) in [5, 5.41) is 2.95. The molecule has 1 aromatic heterocycles. The van der Waals surface area contributed by atoms with Crippen LogP contribution in [0.25, 0.3) is 0 Å². The third-order valence-electron chi connectivity index (χ3n) is 4.69. The number of aromatic nitrogens is 2. The molecule has 1 atom stereocenters. The van der Waals surface area contributed by atoms with Gasteiger partial charge in [-0.1, -0.05) is 17.7 Å². The van der Waals surface area contributed by atoms with E-state index in [-0.39, 0.29) is 5.91 Å². The quantitative estimate of drug-likeness (QED) is 0.842. The fraction of sp³-hybridized carbons (Fsp3) is 0.474. The number of carbonyl (C=O) groups is 1. The zero-order valence-electron chi connectivity index (χ0n) is 15.1. The Morgan fingerprint density at radius 1 is 1.48 bits per heavy atom. The van der Waals surface area contributed by atoms with Crippen LogP contribution in [-0.2, 0) is 17.8 Å². The predicted molar refractivity (Wildman–Crippen MR) is 96.7 cm³/mol. The maximum absolute atomic E-state index is 12.3. The summed E-state index contributed by atoms with van der Waals surface area (Å²) in [4.78, 5) is 22.4. The summed E-state index contributed by atoms with van der Waals surface area (Å²) in [7, 11) is 3.75. The number of aromatic amines is 1. The van der Waals surface area contributed by atoms with E-state index >= 15 is 0 Å². The maximum Gasteiger partial charge on any atom is 0.224 e. The number of likely N-dealkylation sites (tertiary alicyclic amines) is 1. The van der Waals surface area contributed by atoms with Crippen LogP contribution in [0.5, 0.6) is 5.75 Å². The number of nitrogens with zero attached hydrogens (tertiary/aromatic N) is 2. The molecule has 2 heterocycles. The van der Waals surface area contributed by atoms with Gasteiger partial charge in [0.2, 0.25) is 5.91 Å². The minimum Gasteiger partial charge on any atom is -0.496 e. The van der Waals surface area contributed by atoms with Crippen LogP contribution in [0.1, 0.15) is 35.0 Å². The number of aryl methyl sites for hydroxylation is 1. The van der Waals surface area contributed by atoms with Gasteiger partial charge in [0.25, 0.3) is 0 Å². The van der Waals surface area contributed by atoms with Gasteiger partial charge in [-0.3, -0.25) is 4.79 Å². The van der Waals surface area contributed by atoms with Crippen LogP contribution in [0, 0.1) is 6.92 Å². The molecule has 0 unspecified atom stereocenters. The number of carbonyl (C=O) groups excluding carboxylic acids is 1. The number of amides is 1. The molecule has 1 saturated heterocycles. The lowest BCUT2D eigenvalue weighted by molar-refractivity contribution is -0.120. The van der Waals surface area contributed by atoms with E-state index in [2.05, 4.69) is 27.2 Å². The molecule has 6 nitrogen and oxygen atoms in total. The summed E-state index contributed by atoms with van der Waals surface area (Å²) < 4.78 is 5.33. The van der Waals surface area contributed by atoms with Gasteiger partial charge in [-0.05, 0) is 33.0 Å². The third kappa shape index (κ3) is 4.39. The minimum absolute atomic E-state index is 0.0272. The second kappa shape index (κ2) is 7.70. The summed E-state index contributed by atoms with van der Waals surface area (Å²) >= 11 is 0. The van der Waals surface area contributed by atoms with Crippen molar-refractivity contribution in [2.45, 2.75) is 32.2 Å². The first-order chi connectivity index (χ1) is 12.0. The van der Waals surface area contributed by atoms with Crippen molar-refractivity contribution in [3.05, 3.63) is 47.0 Å². The number of ether oxygens (including phenoxy) is 1. The molecule has 2 N–H and O–H groups in total. The van der Waals surface area contributed by atoms with Crippen molar-refractivity contribution in [2.75, 3.05) is 27.2 Å². The zero-order valence-corrected chi connectivity index (χ0v) is 15.1. The van der Waals surface area contributed by atoms with Gasteiger partial charge in [-0.2, -0.15) is 0 Å². The number of nitrogens with one attached hydrogen (secondary N) is 2. The van der Waals surface area contributed by atoms with Crippen molar-refractivity contribution < 1.29 is 9.53 Å². The molecule has 1 amide bonds. The smallest absolute Gasteiger partial charge is 0.224 e. The number of methoxy groups -OCH3 is 1. The molecule has 1 aliphatic heterocycles. The highest BCUT2D eigenvalue weighted by atomic mass is 16.5. The summed E-state index contributed by atoms with van der Waals surface area (Å²) in [6.45, 7) is 4.61. The van der Waals surface area contributed by atoms with Crippen LogP contribution in [0.3, 0.4) is 0 Å². The van der Waals surface area contributed by atoms with E-state index in [1.807, 2.05) is 31.3 Å². The van der Waals surface area contributed by atoms with E-state index in [9.17, 15) is 4.79 Å². The third-order valence-corrected chi connectivity index (χ3v) is 4.69. The zero-order chi connectivity index (χ0) is 17.8. The van der Waals surface area contributed by atoms with E-state index in [0.29, 0.717) is 18.9 Å². The first-order valence-corrected chi connectivity index (χ1v) is 8.67. The van der Waals surface area contributed by atoms with Crippen LogP contribution in [0.2, 0.25) is 0 Å². The Morgan fingerprint density at radius 2 is 2.32 bits per heavy atom. The van der Waals surface area contributed by atoms with Crippen molar-refractivity contribution >= 4 is 5.91 Å². The lowest BCUT2D eigenvalue weighted by Gasteiger charge is -2.10. The van der Waals surface area contributed by atoms with Crippen molar-refractivity contribution in [3.8, 4) is 5.75 Å². The number of rotatable bonds is 6. The van der Waals surface area contributed by atoms with Gasteiger partial charge in [-0.15, -0.1) is 0 Å². The van der Waals surface area contributed by atoms with E-state index < -0.39 is 0 Å². The highest BCUT2D eigenvalue weighted by Crippen LogP contribution is 2.23. The van der Waals surface area contributed by atoms with E-state index in [1.165, 1.54) is 0 Å². The molecule has 3 rings (SSSR count). The molecule has 25 heavy (non-hydrogen) atoms. The first-order valence-electron chi connectivity index (χ1n) is 8.67. The fourth-order valence-electron chi connectivity index (χ4n) is 3.31. The Hall–Kier alpha value is -2.34. The molecule has 1 aromatic carbocycles. The molecule has 1 aliphatic rings. The average molecular weight is 342 g/mol. The molecular formula is C19H26N4O2. The maximum atomic E-state index is 12.3. The number of benzene rings is 1. The average Bonchev–Trinajstić information content (AvgIpc) is 3.22. The Balaban J connectivity index is 1.54. The molecule has 134 valence electrons. The van der Waals surface area contributed by atoms with Crippen LogP contribution >= 0.6 is 0 Å². The Labute approximate surface area is 148 Å². The Morgan fingerprint density at radius 3 is 3.04 bits per heavy atom. The standard InChI is InChI=1S/C19H26N4O2/c1-13-4-5-17(25-3)15(8-13)9-18(24)20-10-16-11-21-19(22-16)14-6-7-23(2)12-14/h4-5,8,11,14H,6-7,9-10,12H2,1-3H3,(H,20,24)(H,21,22)/t14-/m1/s1. The van der Waals surface area contributed by atoms with Gasteiger partial charge in [0.15, 0.2) is 0 Å². The second-order valence-electron chi connectivity index (χ2n) is 6.81. The second-order valence-corrected chi connectivity index (χ2v) is 6.81. The first kappa shape index (κ1) is 17.5. The number of likely N-dealkylation sites (N-methyl/N-ethyl adjacent to an activating group) is 1. The molecule has 0 saturated carbocycles. The normalized spacial score (nSPS) is 17.6. The highest BCUT2D eigenvalue weighted by Gasteiger charge is 2.23. The van der Waals surface area contributed by atoms with Gasteiger partial charge in [0.05, 0.1) is 32.0 Å². The number of hydrogen-bond donors (Lipinski definition) is 2. The van der Waals surface area contributed by atoms with Gasteiger partial charge < -0.3 is 19.9 Å². The van der Waals surface area contributed by atoms with Crippen LogP contribution < -0.4 is 10.1 Å². The van der Waals surface area contributed by atoms with Crippen LogP contribution in [0.15, 0.2) is 24.4 Å². The van der Waals surface area contributed by atoms with Gasteiger partial charge >= 0.3 is 0 Å². The lowest BCUT2D eigenvalue weighted by Crippen LogP contribution is -2.25. The largest absolute Gasteiger partial charge is 0.496 e. The number of H-pyrrole nitrogens is 1. The van der Waals surface area contributed by atoms with Crippen molar-refractivity contribution in [3.63, 3.8) is 0 Å². The van der Waals surface area contributed by atoms with Crippen LogP contribution in [-0.4, -0.2) is 48.0 Å². The molecule has 0 spiro atoms. The van der Waals surface area contributed by atoms with Gasteiger partial charge in [-0.25, -0.2) is 4.98 Å². The van der Waals surface area contributed by atoms with Gasteiger partial charge in [0, 0.05) is 18.0 Å². The van der Waals surface area contributed by atoms with Crippen molar-refractivity contribution in [2.24, 2.45) is 0 Å². The highest BCUT2D eigenvalue weighted by molar-refractivity contribution is 5.79. The summed E-state index contributed by atoms with van der Waals surface area (Å²) in [6.07, 6.45) is 3.25. The fourth-order valence-corrected chi connectivity index (χ4v) is 3.31. The SMILES string of the molecule is COc1ccc(C)cc1CC(=O)NCc1cnc([C@@H]2CCN(C)C2)[nH]1. The Kier molecular flexibility index (Phi) is 5.38. The molecule has 0 radical (unpaired) electrons. The van der Waals surface area contributed by atoms with Crippen LogP contribution in [0.4, 0.5) is 0 Å². The topological polar surface area (TPSA) is 70.2 Å². The molecule has 2 aromatic rings. The van der Waals surface area contributed by atoms with Gasteiger partial charge in [0.1, 0.15) is 11.6 Å². The Bertz CT molecular complexity index is 741. The molecule has 1 fully saturated rings. The van der Waals surface area contributed by atoms with Crippen molar-refractivity contribution in [1.82, 2.24) is 20.2 Å². The number of imidazole rings is 1. The van der Waals surface area contributed by atoms with E-state index in [1.54, 1.807) is 7.11 Å². The summed E-state index contributed by atoms with van der Waals surface area (Å²) in [5.74, 6) is 2.20. The molecule has 0 aliphatic carbocycles. The minimum atomic E-state index is -0.0272. The van der Waals surface area contributed by atoms with Crippen molar-refractivity contribution in [1.29, 1.82) is 0 Å². The summed E-state index contributed by atoms with van der Waals surface area (Å²) in [6, 6.07) is 5.87. The molecule has 6 heteroatoms. The molecule has 0 bridgehead atoms.